The molecule has 0 spiro atoms. The third kappa shape index (κ3) is 3.82. The molecular weight excluding hydrogens is 274 g/mol. The van der Waals surface area contributed by atoms with Gasteiger partial charge in [0.05, 0.1) is 23.4 Å². The van der Waals surface area contributed by atoms with Gasteiger partial charge in [-0.1, -0.05) is 5.16 Å². The molecule has 0 saturated carbocycles. The highest BCUT2D eigenvalue weighted by molar-refractivity contribution is 5.89. The van der Waals surface area contributed by atoms with E-state index < -0.39 is 5.97 Å². The van der Waals surface area contributed by atoms with Gasteiger partial charge in [-0.25, -0.2) is 4.79 Å². The number of rotatable bonds is 6. The molecule has 0 amide bonds. The van der Waals surface area contributed by atoms with Crippen LogP contribution in [0.3, 0.4) is 0 Å². The van der Waals surface area contributed by atoms with E-state index in [-0.39, 0.29) is 13.2 Å². The Bertz CT molecular complexity index is 584. The molecule has 112 valence electrons. The third-order valence-electron chi connectivity index (χ3n) is 2.98. The Hall–Kier alpha value is -2.34. The zero-order valence-corrected chi connectivity index (χ0v) is 12.0. The highest BCUT2D eigenvalue weighted by atomic mass is 16.5. The minimum Gasteiger partial charge on any atom is -0.489 e. The van der Waals surface area contributed by atoms with E-state index in [1.165, 1.54) is 0 Å². The molecule has 0 radical (unpaired) electrons. The summed E-state index contributed by atoms with van der Waals surface area (Å²) in [5.41, 5.74) is 2.13. The lowest BCUT2D eigenvalue weighted by Gasteiger charge is -2.07. The summed E-state index contributed by atoms with van der Waals surface area (Å²) in [4.78, 5) is 11.6. The molecule has 6 heteroatoms. The van der Waals surface area contributed by atoms with Crippen molar-refractivity contribution in [3.63, 3.8) is 0 Å². The van der Waals surface area contributed by atoms with Crippen LogP contribution in [-0.2, 0) is 11.3 Å². The number of aliphatic hydroxyl groups excluding tert-OH is 1. The van der Waals surface area contributed by atoms with Crippen molar-refractivity contribution in [1.29, 1.82) is 0 Å². The molecule has 1 aromatic carbocycles. The number of aryl methyl sites for hydroxylation is 2. The number of ether oxygens (including phenoxy) is 2. The Morgan fingerprint density at radius 1 is 1.29 bits per heavy atom. The molecule has 2 aromatic rings. The summed E-state index contributed by atoms with van der Waals surface area (Å²) in [6.45, 7) is 3.84. The molecule has 0 aliphatic rings. The van der Waals surface area contributed by atoms with Crippen LogP contribution in [0.15, 0.2) is 28.8 Å². The number of aromatic nitrogens is 1. The zero-order valence-electron chi connectivity index (χ0n) is 12.0. The summed E-state index contributed by atoms with van der Waals surface area (Å²) < 4.78 is 15.5. The van der Waals surface area contributed by atoms with Crippen molar-refractivity contribution in [2.75, 3.05) is 13.2 Å². The summed E-state index contributed by atoms with van der Waals surface area (Å²) >= 11 is 0. The maximum atomic E-state index is 11.6. The number of hydrogen-bond donors (Lipinski definition) is 1. The smallest absolute Gasteiger partial charge is 0.338 e. The van der Waals surface area contributed by atoms with Gasteiger partial charge in [0.1, 0.15) is 24.7 Å². The van der Waals surface area contributed by atoms with Gasteiger partial charge in [-0.05, 0) is 38.1 Å². The van der Waals surface area contributed by atoms with E-state index in [4.69, 9.17) is 19.1 Å². The van der Waals surface area contributed by atoms with Crippen LogP contribution in [0, 0.1) is 13.8 Å². The number of hydrogen-bond acceptors (Lipinski definition) is 6. The summed E-state index contributed by atoms with van der Waals surface area (Å²) in [7, 11) is 0. The molecule has 0 saturated heterocycles. The van der Waals surface area contributed by atoms with Crippen LogP contribution < -0.4 is 4.74 Å². The van der Waals surface area contributed by atoms with Gasteiger partial charge < -0.3 is 19.1 Å². The molecule has 0 unspecified atom stereocenters. The van der Waals surface area contributed by atoms with Crippen LogP contribution >= 0.6 is 0 Å². The van der Waals surface area contributed by atoms with E-state index in [9.17, 15) is 4.79 Å². The average molecular weight is 291 g/mol. The quantitative estimate of drug-likeness (QED) is 0.820. The topological polar surface area (TPSA) is 81.8 Å². The van der Waals surface area contributed by atoms with Crippen LogP contribution in [0.5, 0.6) is 5.75 Å². The molecule has 1 aromatic heterocycles. The first-order valence-electron chi connectivity index (χ1n) is 6.54. The molecule has 6 nitrogen and oxygen atoms in total. The van der Waals surface area contributed by atoms with E-state index in [0.29, 0.717) is 17.9 Å². The summed E-state index contributed by atoms with van der Waals surface area (Å²) in [6.07, 6.45) is 0. The normalized spacial score (nSPS) is 10.4. The highest BCUT2D eigenvalue weighted by Gasteiger charge is 2.10. The maximum absolute atomic E-state index is 11.6. The van der Waals surface area contributed by atoms with Gasteiger partial charge in [-0.2, -0.15) is 0 Å². The van der Waals surface area contributed by atoms with Crippen molar-refractivity contribution in [2.24, 2.45) is 0 Å². The lowest BCUT2D eigenvalue weighted by Crippen LogP contribution is -2.08. The zero-order chi connectivity index (χ0) is 15.2. The first-order valence-corrected chi connectivity index (χ1v) is 6.54. The number of nitrogens with zero attached hydrogens (tertiary/aromatic N) is 1. The molecule has 1 heterocycles. The van der Waals surface area contributed by atoms with Crippen LogP contribution in [-0.4, -0.2) is 29.4 Å². The molecular formula is C15H17NO5. The molecule has 0 fully saturated rings. The summed E-state index contributed by atoms with van der Waals surface area (Å²) in [5.74, 6) is 0.895. The van der Waals surface area contributed by atoms with Gasteiger partial charge in [-0.3, -0.25) is 0 Å². The number of carbonyl (C=O) groups excluding carboxylic acids is 1. The average Bonchev–Trinajstić information content (AvgIpc) is 2.82. The second-order valence-corrected chi connectivity index (χ2v) is 4.48. The van der Waals surface area contributed by atoms with Gasteiger partial charge in [-0.15, -0.1) is 0 Å². The molecule has 0 aliphatic carbocycles. The van der Waals surface area contributed by atoms with Crippen molar-refractivity contribution in [3.8, 4) is 5.75 Å². The van der Waals surface area contributed by atoms with E-state index in [1.807, 2.05) is 13.8 Å². The van der Waals surface area contributed by atoms with Gasteiger partial charge in [0, 0.05) is 0 Å². The Morgan fingerprint density at radius 2 is 2.00 bits per heavy atom. The van der Waals surface area contributed by atoms with Crippen LogP contribution in [0.25, 0.3) is 0 Å². The van der Waals surface area contributed by atoms with Crippen molar-refractivity contribution in [2.45, 2.75) is 20.5 Å². The van der Waals surface area contributed by atoms with Crippen molar-refractivity contribution >= 4 is 5.97 Å². The standard InChI is InChI=1S/C15H17NO5/c1-10-14(11(2)21-16-10)9-20-13-5-3-12(4-6-13)15(18)19-8-7-17/h3-6,17H,7-9H2,1-2H3. The molecule has 0 aliphatic heterocycles. The molecule has 0 atom stereocenters. The number of esters is 1. The second-order valence-electron chi connectivity index (χ2n) is 4.48. The van der Waals surface area contributed by atoms with E-state index in [1.54, 1.807) is 24.3 Å². The molecule has 1 N–H and O–H groups in total. The second kappa shape index (κ2) is 6.90. The van der Waals surface area contributed by atoms with Gasteiger partial charge in [0.25, 0.3) is 0 Å². The van der Waals surface area contributed by atoms with Crippen LogP contribution in [0.2, 0.25) is 0 Å². The molecule has 2 rings (SSSR count). The monoisotopic (exact) mass is 291 g/mol. The first kappa shape index (κ1) is 15.1. The van der Waals surface area contributed by atoms with Gasteiger partial charge in [0.15, 0.2) is 0 Å². The lowest BCUT2D eigenvalue weighted by molar-refractivity contribution is 0.0433. The fourth-order valence-electron chi connectivity index (χ4n) is 1.77. The molecule has 0 bridgehead atoms. The number of aliphatic hydroxyl groups is 1. The van der Waals surface area contributed by atoms with Crippen LogP contribution in [0.4, 0.5) is 0 Å². The fraction of sp³-hybridized carbons (Fsp3) is 0.333. The van der Waals surface area contributed by atoms with E-state index >= 15 is 0 Å². The lowest BCUT2D eigenvalue weighted by atomic mass is 10.2. The predicted molar refractivity (Wildman–Crippen MR) is 74.1 cm³/mol. The summed E-state index contributed by atoms with van der Waals surface area (Å²) in [5, 5.41) is 12.5. The SMILES string of the molecule is Cc1noc(C)c1COc1ccc(C(=O)OCCO)cc1. The minimum absolute atomic E-state index is 0.0108. The van der Waals surface area contributed by atoms with Crippen molar-refractivity contribution in [1.82, 2.24) is 5.16 Å². The summed E-state index contributed by atoms with van der Waals surface area (Å²) in [6, 6.07) is 6.60. The fourth-order valence-corrected chi connectivity index (χ4v) is 1.77. The Labute approximate surface area is 122 Å². The Morgan fingerprint density at radius 3 is 2.57 bits per heavy atom. The number of carbonyl (C=O) groups is 1. The Balaban J connectivity index is 1.95. The Kier molecular flexibility index (Phi) is 4.94. The first-order chi connectivity index (χ1) is 10.1. The largest absolute Gasteiger partial charge is 0.489 e. The predicted octanol–water partition coefficient (Wildman–Crippen LogP) is 2.02. The minimum atomic E-state index is -0.471. The number of benzene rings is 1. The van der Waals surface area contributed by atoms with E-state index in [2.05, 4.69) is 5.16 Å². The maximum Gasteiger partial charge on any atom is 0.338 e. The third-order valence-corrected chi connectivity index (χ3v) is 2.98. The van der Waals surface area contributed by atoms with Crippen molar-refractivity contribution < 1.29 is 23.9 Å². The van der Waals surface area contributed by atoms with E-state index in [0.717, 1.165) is 17.0 Å². The van der Waals surface area contributed by atoms with Crippen molar-refractivity contribution in [3.05, 3.63) is 46.8 Å². The molecule has 21 heavy (non-hydrogen) atoms. The highest BCUT2D eigenvalue weighted by Crippen LogP contribution is 2.18. The van der Waals surface area contributed by atoms with Crippen LogP contribution in [0.1, 0.15) is 27.4 Å². The van der Waals surface area contributed by atoms with Gasteiger partial charge in [0.2, 0.25) is 0 Å². The van der Waals surface area contributed by atoms with Gasteiger partial charge >= 0.3 is 5.97 Å².